The Morgan fingerprint density at radius 1 is 1.05 bits per heavy atom. The Balaban J connectivity index is 1.48. The zero-order valence-corrected chi connectivity index (χ0v) is 13.1. The summed E-state index contributed by atoms with van der Waals surface area (Å²) in [6.45, 7) is 5.41. The largest absolute Gasteiger partial charge is 0.293 e. The standard InChI is InChI=1S/C16H27N5/c1-2-3-4-21-16(17-18-19-21)11-20-10-14-6-12-5-13(7-14)9-15(20)8-12/h12-15H,2-11H2,1H3. The van der Waals surface area contributed by atoms with E-state index in [0.717, 1.165) is 49.1 Å². The molecule has 1 aromatic heterocycles. The third-order valence-corrected chi connectivity index (χ3v) is 5.89. The quantitative estimate of drug-likeness (QED) is 0.835. The summed E-state index contributed by atoms with van der Waals surface area (Å²) in [7, 11) is 0. The summed E-state index contributed by atoms with van der Waals surface area (Å²) in [5.41, 5.74) is 0. The van der Waals surface area contributed by atoms with Crippen LogP contribution in [0.15, 0.2) is 0 Å². The molecule has 2 aliphatic heterocycles. The van der Waals surface area contributed by atoms with Gasteiger partial charge in [0.05, 0.1) is 6.54 Å². The van der Waals surface area contributed by atoms with E-state index in [0.29, 0.717) is 0 Å². The lowest BCUT2D eigenvalue weighted by molar-refractivity contribution is 0.119. The molecule has 116 valence electrons. The second kappa shape index (κ2) is 5.67. The van der Waals surface area contributed by atoms with Crippen molar-refractivity contribution in [1.82, 2.24) is 25.1 Å². The fraction of sp³-hybridized carbons (Fsp3) is 0.938. The summed E-state index contributed by atoms with van der Waals surface area (Å²) in [6.07, 6.45) is 9.65. The predicted octanol–water partition coefficient (Wildman–Crippen LogP) is 2.48. The van der Waals surface area contributed by atoms with Gasteiger partial charge in [-0.25, -0.2) is 4.68 Å². The van der Waals surface area contributed by atoms with Gasteiger partial charge in [0.25, 0.3) is 0 Å². The molecule has 5 nitrogen and oxygen atoms in total. The van der Waals surface area contributed by atoms with Crippen LogP contribution < -0.4 is 0 Å². The van der Waals surface area contributed by atoms with E-state index in [-0.39, 0.29) is 0 Å². The Morgan fingerprint density at radius 3 is 2.57 bits per heavy atom. The average molecular weight is 289 g/mol. The van der Waals surface area contributed by atoms with E-state index in [1.54, 1.807) is 0 Å². The molecule has 2 aliphatic carbocycles. The van der Waals surface area contributed by atoms with Crippen LogP contribution in [0, 0.1) is 17.8 Å². The Hall–Kier alpha value is -0.970. The van der Waals surface area contributed by atoms with Crippen LogP contribution >= 0.6 is 0 Å². The summed E-state index contributed by atoms with van der Waals surface area (Å²) in [5.74, 6) is 4.02. The van der Waals surface area contributed by atoms with E-state index in [9.17, 15) is 0 Å². The number of hydrogen-bond acceptors (Lipinski definition) is 4. The zero-order valence-electron chi connectivity index (χ0n) is 13.1. The maximum Gasteiger partial charge on any atom is 0.165 e. The molecule has 2 saturated heterocycles. The number of fused-ring (bicyclic) bond motifs is 1. The van der Waals surface area contributed by atoms with E-state index in [1.807, 2.05) is 4.68 Å². The van der Waals surface area contributed by atoms with Gasteiger partial charge in [0.1, 0.15) is 0 Å². The Kier molecular flexibility index (Phi) is 3.69. The number of nitrogens with zero attached hydrogens (tertiary/aromatic N) is 5. The molecular formula is C16H27N5. The maximum absolute atomic E-state index is 4.30. The van der Waals surface area contributed by atoms with Gasteiger partial charge in [-0.05, 0) is 66.7 Å². The zero-order chi connectivity index (χ0) is 14.2. The van der Waals surface area contributed by atoms with E-state index in [2.05, 4.69) is 27.3 Å². The molecule has 0 spiro atoms. The first-order valence-electron chi connectivity index (χ1n) is 8.81. The molecule has 4 aliphatic rings. The molecule has 4 fully saturated rings. The number of hydrogen-bond donors (Lipinski definition) is 0. The molecule has 3 heterocycles. The summed E-state index contributed by atoms with van der Waals surface area (Å²) >= 11 is 0. The van der Waals surface area contributed by atoms with Crippen LogP contribution in [0.3, 0.4) is 0 Å². The molecule has 0 radical (unpaired) electrons. The van der Waals surface area contributed by atoms with Crippen molar-refractivity contribution in [3.63, 3.8) is 0 Å². The number of rotatable bonds is 5. The van der Waals surface area contributed by atoms with Crippen molar-refractivity contribution in [2.45, 2.75) is 71.0 Å². The molecule has 0 N–H and O–H groups in total. The van der Waals surface area contributed by atoms with Crippen molar-refractivity contribution in [2.24, 2.45) is 17.8 Å². The third-order valence-electron chi connectivity index (χ3n) is 5.89. The molecule has 21 heavy (non-hydrogen) atoms. The first kappa shape index (κ1) is 13.7. The lowest BCUT2D eigenvalue weighted by Gasteiger charge is -2.39. The van der Waals surface area contributed by atoms with Crippen LogP contribution in [0.25, 0.3) is 0 Å². The second-order valence-electron chi connectivity index (χ2n) is 7.53. The van der Waals surface area contributed by atoms with Crippen LogP contribution in [0.2, 0.25) is 0 Å². The first-order valence-corrected chi connectivity index (χ1v) is 8.81. The second-order valence-corrected chi connectivity index (χ2v) is 7.53. The lowest BCUT2D eigenvalue weighted by Crippen LogP contribution is -2.38. The minimum Gasteiger partial charge on any atom is -0.293 e. The molecule has 5 rings (SSSR count). The third kappa shape index (κ3) is 2.72. The van der Waals surface area contributed by atoms with Gasteiger partial charge in [-0.1, -0.05) is 13.3 Å². The Labute approximate surface area is 127 Å². The van der Waals surface area contributed by atoms with Crippen molar-refractivity contribution in [2.75, 3.05) is 6.54 Å². The first-order chi connectivity index (χ1) is 10.3. The fourth-order valence-corrected chi connectivity index (χ4v) is 5.07. The highest BCUT2D eigenvalue weighted by Crippen LogP contribution is 2.47. The molecule has 0 amide bonds. The topological polar surface area (TPSA) is 46.8 Å². The monoisotopic (exact) mass is 289 g/mol. The smallest absolute Gasteiger partial charge is 0.165 e. The van der Waals surface area contributed by atoms with Crippen molar-refractivity contribution in [3.8, 4) is 0 Å². The molecule has 2 unspecified atom stereocenters. The van der Waals surface area contributed by atoms with Crippen LogP contribution in [-0.2, 0) is 13.1 Å². The summed E-state index contributed by atoms with van der Waals surface area (Å²) in [4.78, 5) is 2.71. The normalized spacial score (nSPS) is 35.3. The van der Waals surface area contributed by atoms with E-state index < -0.39 is 0 Å². The van der Waals surface area contributed by atoms with Crippen molar-refractivity contribution >= 4 is 0 Å². The van der Waals surface area contributed by atoms with Crippen LogP contribution in [0.5, 0.6) is 0 Å². The highest BCUT2D eigenvalue weighted by molar-refractivity contribution is 4.97. The van der Waals surface area contributed by atoms with Crippen molar-refractivity contribution in [3.05, 3.63) is 5.82 Å². The minimum absolute atomic E-state index is 0.789. The molecule has 5 heteroatoms. The molecule has 4 bridgehead atoms. The summed E-state index contributed by atoms with van der Waals surface area (Å²) < 4.78 is 2.03. The fourth-order valence-electron chi connectivity index (χ4n) is 5.07. The lowest BCUT2D eigenvalue weighted by atomic mass is 9.68. The highest BCUT2D eigenvalue weighted by Gasteiger charge is 2.42. The van der Waals surface area contributed by atoms with E-state index in [1.165, 1.54) is 45.1 Å². The Bertz CT molecular complexity index is 471. The van der Waals surface area contributed by atoms with Crippen molar-refractivity contribution < 1.29 is 0 Å². The number of tetrazole rings is 1. The molecule has 2 atom stereocenters. The van der Waals surface area contributed by atoms with E-state index >= 15 is 0 Å². The van der Waals surface area contributed by atoms with Gasteiger partial charge in [0.15, 0.2) is 5.82 Å². The number of unbranched alkanes of at least 4 members (excludes halogenated alkanes) is 1. The molecular weight excluding hydrogens is 262 g/mol. The van der Waals surface area contributed by atoms with Gasteiger partial charge in [-0.15, -0.1) is 5.10 Å². The number of aryl methyl sites for hydroxylation is 1. The van der Waals surface area contributed by atoms with Gasteiger partial charge < -0.3 is 0 Å². The SMILES string of the molecule is CCCCn1nnnc1CN1CC2CC3CC(C2)CC1C3. The molecule has 0 aromatic carbocycles. The number of aromatic nitrogens is 4. The van der Waals surface area contributed by atoms with E-state index in [4.69, 9.17) is 0 Å². The maximum atomic E-state index is 4.30. The summed E-state index contributed by atoms with van der Waals surface area (Å²) in [6, 6.07) is 0.789. The van der Waals surface area contributed by atoms with Gasteiger partial charge in [0.2, 0.25) is 0 Å². The highest BCUT2D eigenvalue weighted by atomic mass is 15.5. The van der Waals surface area contributed by atoms with Gasteiger partial charge in [-0.3, -0.25) is 4.90 Å². The van der Waals surface area contributed by atoms with Gasteiger partial charge in [-0.2, -0.15) is 0 Å². The van der Waals surface area contributed by atoms with Crippen LogP contribution in [0.4, 0.5) is 0 Å². The predicted molar refractivity (Wildman–Crippen MR) is 80.5 cm³/mol. The molecule has 1 aromatic rings. The van der Waals surface area contributed by atoms with Gasteiger partial charge in [0, 0.05) is 19.1 Å². The van der Waals surface area contributed by atoms with Gasteiger partial charge >= 0.3 is 0 Å². The van der Waals surface area contributed by atoms with Crippen LogP contribution in [0.1, 0.15) is 57.7 Å². The average Bonchev–Trinajstić information content (AvgIpc) is 2.82. The Morgan fingerprint density at radius 2 is 1.81 bits per heavy atom. The van der Waals surface area contributed by atoms with Crippen molar-refractivity contribution in [1.29, 1.82) is 0 Å². The van der Waals surface area contributed by atoms with Crippen LogP contribution in [-0.4, -0.2) is 37.7 Å². The minimum atomic E-state index is 0.789. The summed E-state index contributed by atoms with van der Waals surface area (Å²) in [5, 5.41) is 12.4. The molecule has 2 saturated carbocycles.